The summed E-state index contributed by atoms with van der Waals surface area (Å²) in [4.78, 5) is 0. The predicted molar refractivity (Wildman–Crippen MR) is 66.5 cm³/mol. The Labute approximate surface area is 98.8 Å². The van der Waals surface area contributed by atoms with E-state index in [0.29, 0.717) is 5.11 Å². The molecule has 0 spiro atoms. The van der Waals surface area contributed by atoms with Crippen molar-refractivity contribution in [3.63, 3.8) is 0 Å². The third-order valence-electron chi connectivity index (χ3n) is 2.29. The lowest BCUT2D eigenvalue weighted by Gasteiger charge is -2.02. The smallest absolute Gasteiger partial charge is 0.213 e. The lowest BCUT2D eigenvalue weighted by Crippen LogP contribution is -2.69. The summed E-state index contributed by atoms with van der Waals surface area (Å²) in [5.41, 5.74) is 3.54. The summed E-state index contributed by atoms with van der Waals surface area (Å²) >= 11 is 4.92. The summed E-state index contributed by atoms with van der Waals surface area (Å²) in [5, 5.41) is 4.71. The topological polar surface area (TPSA) is 64.8 Å². The van der Waals surface area contributed by atoms with E-state index in [-0.39, 0.29) is 0 Å². The number of hydrogen-bond acceptors (Lipinski definition) is 2. The Balaban J connectivity index is 1.97. The van der Waals surface area contributed by atoms with Crippen molar-refractivity contribution >= 4 is 28.3 Å². The maximum absolute atomic E-state index is 5.66. The van der Waals surface area contributed by atoms with Crippen LogP contribution in [-0.4, -0.2) is 11.7 Å². The molecular weight excluding hydrogens is 222 g/mol. The molecule has 1 heterocycles. The van der Waals surface area contributed by atoms with Gasteiger partial charge in [-0.15, -0.1) is 0 Å². The zero-order valence-corrected chi connectivity index (χ0v) is 9.64. The molecule has 5 heteroatoms. The molecule has 16 heavy (non-hydrogen) atoms. The Morgan fingerprint density at radius 3 is 2.94 bits per heavy atom. The summed E-state index contributed by atoms with van der Waals surface area (Å²) in [7, 11) is 0. The van der Waals surface area contributed by atoms with E-state index in [9.17, 15) is 0 Å². The molecular formula is C11H14N3OS+. The van der Waals surface area contributed by atoms with E-state index in [4.69, 9.17) is 16.6 Å². The normalized spacial score (nSPS) is 10.3. The highest BCUT2D eigenvalue weighted by atomic mass is 32.1. The highest BCUT2D eigenvalue weighted by Gasteiger charge is 2.02. The van der Waals surface area contributed by atoms with Crippen LogP contribution in [0.2, 0.25) is 0 Å². The monoisotopic (exact) mass is 236 g/mol. The van der Waals surface area contributed by atoms with Gasteiger partial charge in [0.2, 0.25) is 5.11 Å². The summed E-state index contributed by atoms with van der Waals surface area (Å²) in [6.45, 7) is 0.737. The van der Waals surface area contributed by atoms with E-state index in [0.717, 1.165) is 29.7 Å². The van der Waals surface area contributed by atoms with Crippen molar-refractivity contribution in [2.24, 2.45) is 0 Å². The molecule has 2 rings (SSSR count). The zero-order valence-electron chi connectivity index (χ0n) is 8.82. The SMILES string of the molecule is [NH3+]NC(=S)NCCc1cc2ccccc2o1. The van der Waals surface area contributed by atoms with Crippen molar-refractivity contribution in [3.05, 3.63) is 36.1 Å². The van der Waals surface area contributed by atoms with Gasteiger partial charge in [-0.25, -0.2) is 5.43 Å². The molecule has 84 valence electrons. The number of rotatable bonds is 3. The van der Waals surface area contributed by atoms with E-state index in [1.54, 1.807) is 0 Å². The molecule has 0 aliphatic carbocycles. The summed E-state index contributed by atoms with van der Waals surface area (Å²) in [5.74, 6) is 4.43. The minimum atomic E-state index is 0.552. The maximum atomic E-state index is 5.66. The molecule has 0 saturated heterocycles. The van der Waals surface area contributed by atoms with Crippen LogP contribution < -0.4 is 16.6 Å². The maximum Gasteiger partial charge on any atom is 0.213 e. The summed E-state index contributed by atoms with van der Waals surface area (Å²) < 4.78 is 5.66. The number of thiocarbonyl (C=S) groups is 1. The molecule has 0 aliphatic rings. The number of benzene rings is 1. The number of furan rings is 1. The van der Waals surface area contributed by atoms with Crippen molar-refractivity contribution in [1.29, 1.82) is 0 Å². The molecule has 5 N–H and O–H groups in total. The van der Waals surface area contributed by atoms with Gasteiger partial charge in [-0.3, -0.25) is 5.84 Å². The molecule has 1 aromatic carbocycles. The van der Waals surface area contributed by atoms with Crippen LogP contribution in [0.15, 0.2) is 34.7 Å². The lowest BCUT2D eigenvalue weighted by molar-refractivity contribution is -0.419. The number of hydrogen-bond donors (Lipinski definition) is 3. The van der Waals surface area contributed by atoms with E-state index in [1.165, 1.54) is 0 Å². The highest BCUT2D eigenvalue weighted by Crippen LogP contribution is 2.18. The first-order chi connectivity index (χ1) is 7.79. The standard InChI is InChI=1S/C11H13N3OS/c12-14-11(16)13-6-5-9-7-8-3-1-2-4-10(8)15-9/h1-4,7H,5-6,12H2,(H2,13,14,16)/p+1. The van der Waals surface area contributed by atoms with Crippen LogP contribution in [-0.2, 0) is 6.42 Å². The molecule has 0 aliphatic heterocycles. The van der Waals surface area contributed by atoms with Gasteiger partial charge < -0.3 is 9.73 Å². The van der Waals surface area contributed by atoms with Gasteiger partial charge in [0.05, 0.1) is 0 Å². The van der Waals surface area contributed by atoms with E-state index in [1.807, 2.05) is 24.3 Å². The number of quaternary nitrogens is 1. The Kier molecular flexibility index (Phi) is 3.38. The minimum Gasteiger partial charge on any atom is -0.461 e. The van der Waals surface area contributed by atoms with Crippen molar-refractivity contribution < 1.29 is 10.3 Å². The van der Waals surface area contributed by atoms with Gasteiger partial charge in [0.15, 0.2) is 0 Å². The Morgan fingerprint density at radius 1 is 1.38 bits per heavy atom. The van der Waals surface area contributed by atoms with Gasteiger partial charge in [-0.1, -0.05) is 18.2 Å². The Hall–Kier alpha value is -1.59. The second kappa shape index (κ2) is 4.96. The van der Waals surface area contributed by atoms with Gasteiger partial charge in [0.1, 0.15) is 11.3 Å². The predicted octanol–water partition coefficient (Wildman–Crippen LogP) is 0.596. The average molecular weight is 236 g/mol. The Bertz CT molecular complexity index is 462. The first-order valence-electron chi connectivity index (χ1n) is 5.08. The van der Waals surface area contributed by atoms with Gasteiger partial charge in [0.25, 0.3) is 0 Å². The summed E-state index contributed by atoms with van der Waals surface area (Å²) in [6, 6.07) is 10.0. The van der Waals surface area contributed by atoms with Crippen molar-refractivity contribution in [3.8, 4) is 0 Å². The number of para-hydroxylation sites is 1. The zero-order chi connectivity index (χ0) is 11.4. The van der Waals surface area contributed by atoms with Crippen LogP contribution >= 0.6 is 12.2 Å². The van der Waals surface area contributed by atoms with Gasteiger partial charge in [-0.2, -0.15) is 0 Å². The number of fused-ring (bicyclic) bond motifs is 1. The Morgan fingerprint density at radius 2 is 2.19 bits per heavy atom. The van der Waals surface area contributed by atoms with Gasteiger partial charge in [0, 0.05) is 18.4 Å². The summed E-state index contributed by atoms with van der Waals surface area (Å²) in [6.07, 6.45) is 0.802. The molecule has 2 aromatic rings. The highest BCUT2D eigenvalue weighted by molar-refractivity contribution is 7.80. The quantitative estimate of drug-likeness (QED) is 0.539. The fraction of sp³-hybridized carbons (Fsp3) is 0.182. The second-order valence-corrected chi connectivity index (χ2v) is 3.84. The fourth-order valence-electron chi connectivity index (χ4n) is 1.52. The van der Waals surface area contributed by atoms with E-state index < -0.39 is 0 Å². The van der Waals surface area contributed by atoms with Crippen molar-refractivity contribution in [1.82, 2.24) is 10.7 Å². The van der Waals surface area contributed by atoms with Gasteiger partial charge in [-0.05, 0) is 24.4 Å². The van der Waals surface area contributed by atoms with Crippen LogP contribution in [0.1, 0.15) is 5.76 Å². The lowest BCUT2D eigenvalue weighted by atomic mass is 10.2. The minimum absolute atomic E-state index is 0.552. The number of nitrogens with one attached hydrogen (secondary N) is 2. The van der Waals surface area contributed by atoms with E-state index >= 15 is 0 Å². The first kappa shape index (κ1) is 10.9. The fourth-order valence-corrected chi connectivity index (χ4v) is 1.62. The van der Waals surface area contributed by atoms with Crippen molar-refractivity contribution in [2.75, 3.05) is 6.54 Å². The molecule has 0 fully saturated rings. The molecule has 1 aromatic heterocycles. The van der Waals surface area contributed by atoms with Crippen LogP contribution in [0.25, 0.3) is 11.0 Å². The average Bonchev–Trinajstić information content (AvgIpc) is 2.71. The molecule has 0 saturated carbocycles. The first-order valence-corrected chi connectivity index (χ1v) is 5.49. The third kappa shape index (κ3) is 2.50. The van der Waals surface area contributed by atoms with Gasteiger partial charge >= 0.3 is 0 Å². The van der Waals surface area contributed by atoms with Crippen LogP contribution in [0.5, 0.6) is 0 Å². The molecule has 0 atom stereocenters. The largest absolute Gasteiger partial charge is 0.461 e. The van der Waals surface area contributed by atoms with Crippen LogP contribution in [0.3, 0.4) is 0 Å². The molecule has 0 radical (unpaired) electrons. The molecule has 0 amide bonds. The third-order valence-corrected chi connectivity index (χ3v) is 2.58. The van der Waals surface area contributed by atoms with Crippen LogP contribution in [0.4, 0.5) is 0 Å². The molecule has 0 bridgehead atoms. The second-order valence-electron chi connectivity index (χ2n) is 3.43. The van der Waals surface area contributed by atoms with E-state index in [2.05, 4.69) is 22.7 Å². The van der Waals surface area contributed by atoms with Crippen molar-refractivity contribution in [2.45, 2.75) is 6.42 Å². The molecule has 0 unspecified atom stereocenters. The molecule has 4 nitrogen and oxygen atoms in total. The van der Waals surface area contributed by atoms with Crippen LogP contribution in [0, 0.1) is 0 Å².